The maximum atomic E-state index is 12.6. The molecule has 0 fully saturated rings. The predicted octanol–water partition coefficient (Wildman–Crippen LogP) is 5.33. The number of esters is 1. The topological polar surface area (TPSA) is 75.0 Å². The summed E-state index contributed by atoms with van der Waals surface area (Å²) < 4.78 is 5.25. The zero-order valence-electron chi connectivity index (χ0n) is 17.2. The molecule has 5 nitrogen and oxygen atoms in total. The molecule has 0 radical (unpaired) electrons. The Bertz CT molecular complexity index is 1080. The van der Waals surface area contributed by atoms with Crippen LogP contribution in [-0.2, 0) is 11.2 Å². The maximum absolute atomic E-state index is 12.6. The molecule has 5 heteroatoms. The Hall–Kier alpha value is -3.39. The molecule has 0 aliphatic heterocycles. The highest BCUT2D eigenvalue weighted by atomic mass is 16.5. The van der Waals surface area contributed by atoms with Crippen LogP contribution >= 0.6 is 0 Å². The van der Waals surface area contributed by atoms with Crippen molar-refractivity contribution in [2.45, 2.75) is 40.2 Å². The second-order valence-electron chi connectivity index (χ2n) is 7.04. The van der Waals surface area contributed by atoms with Crippen LogP contribution in [0, 0.1) is 18.3 Å². The number of ether oxygens (including phenoxy) is 1. The van der Waals surface area contributed by atoms with Crippen molar-refractivity contribution in [1.82, 2.24) is 4.98 Å². The zero-order valence-corrected chi connectivity index (χ0v) is 17.2. The summed E-state index contributed by atoms with van der Waals surface area (Å²) in [6.07, 6.45) is 2.31. The number of benzene rings is 2. The number of aryl methyl sites for hydroxylation is 2. The standard InChI is InChI=1S/C24H25N3O2/c1-5-18-11-17(13-25)12-20-22(18)26-14-21(24(28)29-6-2)23(20)27-16(4)19-9-7-15(3)8-10-19/h7-12,14,16H,5-6H2,1-4H3,(H,26,27). The number of pyridine rings is 1. The molecule has 2 aromatic carbocycles. The number of aromatic nitrogens is 1. The zero-order chi connectivity index (χ0) is 21.0. The van der Waals surface area contributed by atoms with Crippen molar-refractivity contribution < 1.29 is 9.53 Å². The largest absolute Gasteiger partial charge is 0.462 e. The monoisotopic (exact) mass is 387 g/mol. The van der Waals surface area contributed by atoms with E-state index in [4.69, 9.17) is 4.74 Å². The number of carbonyl (C=O) groups is 1. The Balaban J connectivity index is 2.19. The summed E-state index contributed by atoms with van der Waals surface area (Å²) in [7, 11) is 0. The third kappa shape index (κ3) is 4.22. The number of carbonyl (C=O) groups excluding carboxylic acids is 1. The van der Waals surface area contributed by atoms with Crippen LogP contribution in [0.25, 0.3) is 10.9 Å². The van der Waals surface area contributed by atoms with E-state index in [9.17, 15) is 10.1 Å². The lowest BCUT2D eigenvalue weighted by molar-refractivity contribution is 0.0527. The van der Waals surface area contributed by atoms with Gasteiger partial charge in [0.05, 0.1) is 29.4 Å². The lowest BCUT2D eigenvalue weighted by Crippen LogP contribution is -2.14. The van der Waals surface area contributed by atoms with Gasteiger partial charge in [-0.15, -0.1) is 0 Å². The van der Waals surface area contributed by atoms with Crippen molar-refractivity contribution >= 4 is 22.6 Å². The summed E-state index contributed by atoms with van der Waals surface area (Å²) >= 11 is 0. The molecule has 0 aliphatic carbocycles. The molecule has 3 aromatic rings. The fraction of sp³-hybridized carbons (Fsp3) is 0.292. The van der Waals surface area contributed by atoms with Gasteiger partial charge in [0, 0.05) is 17.6 Å². The van der Waals surface area contributed by atoms with Crippen molar-refractivity contribution in [3.05, 3.63) is 70.4 Å². The summed E-state index contributed by atoms with van der Waals surface area (Å²) in [4.78, 5) is 17.1. The average molecular weight is 387 g/mol. The van der Waals surface area contributed by atoms with E-state index in [0.717, 1.165) is 28.5 Å². The molecule has 1 aromatic heterocycles. The number of hydrogen-bond donors (Lipinski definition) is 1. The number of nitrogens with one attached hydrogen (secondary N) is 1. The van der Waals surface area contributed by atoms with Crippen LogP contribution in [0.4, 0.5) is 5.69 Å². The number of nitriles is 1. The van der Waals surface area contributed by atoms with Gasteiger partial charge >= 0.3 is 5.97 Å². The Kier molecular flexibility index (Phi) is 6.13. The first-order valence-electron chi connectivity index (χ1n) is 9.84. The number of anilines is 1. The highest BCUT2D eigenvalue weighted by Crippen LogP contribution is 2.33. The number of hydrogen-bond acceptors (Lipinski definition) is 5. The number of rotatable bonds is 6. The molecule has 3 rings (SSSR count). The molecule has 1 N–H and O–H groups in total. The summed E-state index contributed by atoms with van der Waals surface area (Å²) in [6.45, 7) is 8.17. The van der Waals surface area contributed by atoms with Crippen LogP contribution in [-0.4, -0.2) is 17.6 Å². The van der Waals surface area contributed by atoms with Gasteiger partial charge in [-0.3, -0.25) is 4.98 Å². The quantitative estimate of drug-likeness (QED) is 0.579. The van der Waals surface area contributed by atoms with E-state index < -0.39 is 5.97 Å². The van der Waals surface area contributed by atoms with E-state index in [1.54, 1.807) is 19.2 Å². The molecule has 29 heavy (non-hydrogen) atoms. The smallest absolute Gasteiger partial charge is 0.341 e. The molecule has 1 unspecified atom stereocenters. The van der Waals surface area contributed by atoms with Crippen LogP contribution < -0.4 is 5.32 Å². The van der Waals surface area contributed by atoms with Crippen molar-refractivity contribution in [2.24, 2.45) is 0 Å². The maximum Gasteiger partial charge on any atom is 0.341 e. The van der Waals surface area contributed by atoms with E-state index in [0.29, 0.717) is 16.8 Å². The van der Waals surface area contributed by atoms with Crippen LogP contribution in [0.3, 0.4) is 0 Å². The first-order valence-corrected chi connectivity index (χ1v) is 9.84. The molecule has 0 saturated heterocycles. The van der Waals surface area contributed by atoms with Gasteiger partial charge in [0.15, 0.2) is 0 Å². The molecule has 1 heterocycles. The fourth-order valence-electron chi connectivity index (χ4n) is 3.38. The molecule has 0 spiro atoms. The summed E-state index contributed by atoms with van der Waals surface area (Å²) in [6, 6.07) is 14.1. The van der Waals surface area contributed by atoms with Crippen molar-refractivity contribution in [3.63, 3.8) is 0 Å². The van der Waals surface area contributed by atoms with E-state index >= 15 is 0 Å². The third-order valence-electron chi connectivity index (χ3n) is 4.99. The SMILES string of the molecule is CCOC(=O)c1cnc2c(CC)cc(C#N)cc2c1NC(C)c1ccc(C)cc1. The van der Waals surface area contributed by atoms with Gasteiger partial charge in [-0.1, -0.05) is 36.8 Å². The van der Waals surface area contributed by atoms with E-state index in [1.165, 1.54) is 5.56 Å². The molecular weight excluding hydrogens is 362 g/mol. The lowest BCUT2D eigenvalue weighted by atomic mass is 9.99. The highest BCUT2D eigenvalue weighted by molar-refractivity contribution is 6.06. The first kappa shape index (κ1) is 20.3. The normalized spacial score (nSPS) is 11.7. The Morgan fingerprint density at radius 2 is 1.97 bits per heavy atom. The van der Waals surface area contributed by atoms with E-state index in [2.05, 4.69) is 40.6 Å². The van der Waals surface area contributed by atoms with E-state index in [1.807, 2.05) is 26.8 Å². The molecule has 148 valence electrons. The van der Waals surface area contributed by atoms with Gasteiger partial charge in [0.25, 0.3) is 0 Å². The van der Waals surface area contributed by atoms with Crippen LogP contribution in [0.1, 0.15) is 59.4 Å². The van der Waals surface area contributed by atoms with Gasteiger partial charge in [-0.05, 0) is 50.5 Å². The van der Waals surface area contributed by atoms with Gasteiger partial charge in [0.2, 0.25) is 0 Å². The molecule has 0 aliphatic rings. The van der Waals surface area contributed by atoms with Crippen LogP contribution in [0.2, 0.25) is 0 Å². The van der Waals surface area contributed by atoms with Crippen molar-refractivity contribution in [2.75, 3.05) is 11.9 Å². The first-order chi connectivity index (χ1) is 14.0. The minimum absolute atomic E-state index is 0.0507. The molecule has 0 saturated carbocycles. The number of nitrogens with zero attached hydrogens (tertiary/aromatic N) is 2. The lowest BCUT2D eigenvalue weighted by Gasteiger charge is -2.20. The molecule has 0 amide bonds. The van der Waals surface area contributed by atoms with Gasteiger partial charge in [-0.25, -0.2) is 4.79 Å². The molecule has 0 bridgehead atoms. The second kappa shape index (κ2) is 8.74. The van der Waals surface area contributed by atoms with Crippen molar-refractivity contribution in [3.8, 4) is 6.07 Å². The van der Waals surface area contributed by atoms with Gasteiger partial charge in [-0.2, -0.15) is 5.26 Å². The van der Waals surface area contributed by atoms with Gasteiger partial charge in [0.1, 0.15) is 5.56 Å². The minimum atomic E-state index is -0.430. The molecule has 1 atom stereocenters. The Morgan fingerprint density at radius 3 is 2.59 bits per heavy atom. The average Bonchev–Trinajstić information content (AvgIpc) is 2.73. The van der Waals surface area contributed by atoms with Gasteiger partial charge < -0.3 is 10.1 Å². The van der Waals surface area contributed by atoms with E-state index in [-0.39, 0.29) is 12.6 Å². The minimum Gasteiger partial charge on any atom is -0.462 e. The summed E-state index contributed by atoms with van der Waals surface area (Å²) in [5.41, 5.74) is 5.61. The highest BCUT2D eigenvalue weighted by Gasteiger charge is 2.20. The molecular formula is C24H25N3O2. The second-order valence-corrected chi connectivity index (χ2v) is 7.04. The third-order valence-corrected chi connectivity index (χ3v) is 4.99. The summed E-state index contributed by atoms with van der Waals surface area (Å²) in [5, 5.41) is 13.7. The summed E-state index contributed by atoms with van der Waals surface area (Å²) in [5.74, 6) is -0.430. The van der Waals surface area contributed by atoms with Crippen LogP contribution in [0.15, 0.2) is 42.6 Å². The predicted molar refractivity (Wildman–Crippen MR) is 115 cm³/mol. The van der Waals surface area contributed by atoms with Crippen molar-refractivity contribution in [1.29, 1.82) is 5.26 Å². The Labute approximate surface area is 171 Å². The Morgan fingerprint density at radius 1 is 1.24 bits per heavy atom. The van der Waals surface area contributed by atoms with Crippen LogP contribution in [0.5, 0.6) is 0 Å². The number of fused-ring (bicyclic) bond motifs is 1. The fourth-order valence-corrected chi connectivity index (χ4v) is 3.38.